The summed E-state index contributed by atoms with van der Waals surface area (Å²) in [6, 6.07) is 4.24. The Hall–Kier alpha value is -1.88. The maximum absolute atomic E-state index is 13.4. The number of rotatable bonds is 4. The minimum absolute atomic E-state index is 0.159. The Kier molecular flexibility index (Phi) is 3.85. The van der Waals surface area contributed by atoms with E-state index in [0.717, 1.165) is 0 Å². The van der Waals surface area contributed by atoms with Gasteiger partial charge in [0.05, 0.1) is 25.3 Å². The van der Waals surface area contributed by atoms with Crippen LogP contribution in [0, 0.1) is 5.82 Å². The van der Waals surface area contributed by atoms with Crippen molar-refractivity contribution in [2.45, 2.75) is 26.0 Å². The summed E-state index contributed by atoms with van der Waals surface area (Å²) < 4.78 is 20.4. The molecular formula is C14H17FN2O2. The molecule has 0 saturated heterocycles. The van der Waals surface area contributed by atoms with Crippen molar-refractivity contribution >= 4 is 0 Å². The predicted octanol–water partition coefficient (Wildman–Crippen LogP) is 2.69. The van der Waals surface area contributed by atoms with Crippen LogP contribution in [0.25, 0.3) is 0 Å². The van der Waals surface area contributed by atoms with E-state index in [4.69, 9.17) is 4.74 Å². The van der Waals surface area contributed by atoms with Crippen LogP contribution in [-0.2, 0) is 0 Å². The molecule has 0 aliphatic carbocycles. The van der Waals surface area contributed by atoms with Gasteiger partial charge in [-0.1, -0.05) is 0 Å². The van der Waals surface area contributed by atoms with Gasteiger partial charge in [0.2, 0.25) is 0 Å². The number of hydrogen-bond donors (Lipinski definition) is 1. The fourth-order valence-corrected chi connectivity index (χ4v) is 2.04. The normalized spacial score (nSPS) is 12.7. The highest BCUT2D eigenvalue weighted by Crippen LogP contribution is 2.31. The molecule has 1 heterocycles. The number of methoxy groups -OCH3 is 1. The number of hydrogen-bond acceptors (Lipinski definition) is 3. The van der Waals surface area contributed by atoms with Gasteiger partial charge in [-0.05, 0) is 32.0 Å². The summed E-state index contributed by atoms with van der Waals surface area (Å²) in [5.74, 6) is 0.0378. The minimum Gasteiger partial charge on any atom is -0.496 e. The average molecular weight is 264 g/mol. The lowest BCUT2D eigenvalue weighted by molar-refractivity contribution is 0.202. The monoisotopic (exact) mass is 264 g/mol. The Balaban J connectivity index is 2.46. The van der Waals surface area contributed by atoms with Crippen LogP contribution in [-0.4, -0.2) is 21.8 Å². The van der Waals surface area contributed by atoms with Gasteiger partial charge >= 0.3 is 0 Å². The number of aromatic nitrogens is 2. The molecule has 0 saturated carbocycles. The average Bonchev–Trinajstić information content (AvgIpc) is 2.87. The van der Waals surface area contributed by atoms with Crippen LogP contribution in [0.2, 0.25) is 0 Å². The maximum atomic E-state index is 13.4. The lowest BCUT2D eigenvalue weighted by Crippen LogP contribution is -2.11. The molecule has 1 aromatic carbocycles. The summed E-state index contributed by atoms with van der Waals surface area (Å²) >= 11 is 0. The zero-order valence-corrected chi connectivity index (χ0v) is 11.2. The van der Waals surface area contributed by atoms with E-state index < -0.39 is 11.9 Å². The van der Waals surface area contributed by atoms with Gasteiger partial charge in [0.15, 0.2) is 0 Å². The second kappa shape index (κ2) is 5.40. The molecule has 102 valence electrons. The number of nitrogens with zero attached hydrogens (tertiary/aromatic N) is 2. The molecule has 5 heteroatoms. The number of benzene rings is 1. The molecule has 0 spiro atoms. The number of aliphatic hydroxyl groups is 1. The van der Waals surface area contributed by atoms with Crippen molar-refractivity contribution in [3.63, 3.8) is 0 Å². The second-order valence-electron chi connectivity index (χ2n) is 4.61. The number of aliphatic hydroxyl groups excluding tert-OH is 1. The molecule has 0 aliphatic heterocycles. The first-order chi connectivity index (χ1) is 9.04. The highest BCUT2D eigenvalue weighted by Gasteiger charge is 2.20. The van der Waals surface area contributed by atoms with E-state index in [9.17, 15) is 9.50 Å². The summed E-state index contributed by atoms with van der Waals surface area (Å²) in [6.45, 7) is 3.97. The van der Waals surface area contributed by atoms with Crippen molar-refractivity contribution < 1.29 is 14.2 Å². The molecule has 4 nitrogen and oxygen atoms in total. The summed E-state index contributed by atoms with van der Waals surface area (Å²) in [5, 5.41) is 10.4. The van der Waals surface area contributed by atoms with Crippen LogP contribution in [0.1, 0.15) is 37.3 Å². The molecule has 0 bridgehead atoms. The zero-order valence-electron chi connectivity index (χ0n) is 11.2. The number of halogens is 1. The van der Waals surface area contributed by atoms with Gasteiger partial charge in [0.1, 0.15) is 17.7 Å². The van der Waals surface area contributed by atoms with E-state index in [1.807, 2.05) is 18.4 Å². The van der Waals surface area contributed by atoms with Crippen molar-refractivity contribution in [3.05, 3.63) is 47.8 Å². The topological polar surface area (TPSA) is 47.3 Å². The van der Waals surface area contributed by atoms with Gasteiger partial charge in [-0.15, -0.1) is 0 Å². The summed E-state index contributed by atoms with van der Waals surface area (Å²) in [5.41, 5.74) is 1.00. The van der Waals surface area contributed by atoms with Gasteiger partial charge < -0.3 is 14.4 Å². The van der Waals surface area contributed by atoms with Gasteiger partial charge in [-0.25, -0.2) is 9.37 Å². The molecule has 1 atom stereocenters. The van der Waals surface area contributed by atoms with Crippen LogP contribution in [0.5, 0.6) is 5.75 Å². The van der Waals surface area contributed by atoms with E-state index in [0.29, 0.717) is 17.0 Å². The fraction of sp³-hybridized carbons (Fsp3) is 0.357. The maximum Gasteiger partial charge on any atom is 0.125 e. The molecule has 0 amide bonds. The molecule has 2 aromatic rings. The first-order valence-corrected chi connectivity index (χ1v) is 6.07. The van der Waals surface area contributed by atoms with E-state index in [2.05, 4.69) is 4.98 Å². The van der Waals surface area contributed by atoms with Crippen molar-refractivity contribution in [2.75, 3.05) is 7.11 Å². The third-order valence-corrected chi connectivity index (χ3v) is 3.02. The van der Waals surface area contributed by atoms with Crippen molar-refractivity contribution in [1.82, 2.24) is 9.55 Å². The van der Waals surface area contributed by atoms with Crippen LogP contribution in [0.3, 0.4) is 0 Å². The Labute approximate surface area is 111 Å². The van der Waals surface area contributed by atoms with Gasteiger partial charge in [-0.2, -0.15) is 0 Å². The van der Waals surface area contributed by atoms with Crippen molar-refractivity contribution in [3.8, 4) is 5.75 Å². The standard InChI is InChI=1S/C14H17FN2O2/c1-9(2)17-8-16-7-12(17)14(18)11-6-10(15)4-5-13(11)19-3/h4-9,14,18H,1-3H3. The Morgan fingerprint density at radius 1 is 1.37 bits per heavy atom. The Morgan fingerprint density at radius 3 is 2.74 bits per heavy atom. The highest BCUT2D eigenvalue weighted by molar-refractivity contribution is 5.39. The highest BCUT2D eigenvalue weighted by atomic mass is 19.1. The first kappa shape index (κ1) is 13.5. The first-order valence-electron chi connectivity index (χ1n) is 6.07. The largest absolute Gasteiger partial charge is 0.496 e. The molecule has 0 radical (unpaired) electrons. The molecule has 2 rings (SSSR count). The zero-order chi connectivity index (χ0) is 14.0. The lowest BCUT2D eigenvalue weighted by Gasteiger charge is -2.18. The SMILES string of the molecule is COc1ccc(F)cc1C(O)c1cncn1C(C)C. The lowest BCUT2D eigenvalue weighted by atomic mass is 10.1. The van der Waals surface area contributed by atoms with Crippen molar-refractivity contribution in [2.24, 2.45) is 0 Å². The van der Waals surface area contributed by atoms with E-state index in [-0.39, 0.29) is 6.04 Å². The Bertz CT molecular complexity index is 566. The van der Waals surface area contributed by atoms with Crippen LogP contribution >= 0.6 is 0 Å². The van der Waals surface area contributed by atoms with Gasteiger partial charge in [0.25, 0.3) is 0 Å². The molecule has 19 heavy (non-hydrogen) atoms. The number of imidazole rings is 1. The van der Waals surface area contributed by atoms with E-state index in [1.165, 1.54) is 25.3 Å². The van der Waals surface area contributed by atoms with E-state index in [1.54, 1.807) is 12.5 Å². The van der Waals surface area contributed by atoms with Crippen molar-refractivity contribution in [1.29, 1.82) is 0 Å². The van der Waals surface area contributed by atoms with Gasteiger partial charge in [-0.3, -0.25) is 0 Å². The quantitative estimate of drug-likeness (QED) is 0.923. The fourth-order valence-electron chi connectivity index (χ4n) is 2.04. The Morgan fingerprint density at radius 2 is 2.11 bits per heavy atom. The third-order valence-electron chi connectivity index (χ3n) is 3.02. The molecular weight excluding hydrogens is 247 g/mol. The molecule has 0 aliphatic rings. The van der Waals surface area contributed by atoms with Crippen LogP contribution < -0.4 is 4.74 Å². The smallest absolute Gasteiger partial charge is 0.125 e. The molecule has 1 N–H and O–H groups in total. The summed E-state index contributed by atoms with van der Waals surface area (Å²) in [4.78, 5) is 4.04. The van der Waals surface area contributed by atoms with Gasteiger partial charge in [0, 0.05) is 11.6 Å². The molecule has 0 fully saturated rings. The second-order valence-corrected chi connectivity index (χ2v) is 4.61. The molecule has 1 aromatic heterocycles. The van der Waals surface area contributed by atoms with Crippen LogP contribution in [0.15, 0.2) is 30.7 Å². The number of ether oxygens (including phenoxy) is 1. The van der Waals surface area contributed by atoms with E-state index >= 15 is 0 Å². The molecule has 1 unspecified atom stereocenters. The summed E-state index contributed by atoms with van der Waals surface area (Å²) in [6.07, 6.45) is 2.25. The summed E-state index contributed by atoms with van der Waals surface area (Å²) in [7, 11) is 1.49. The predicted molar refractivity (Wildman–Crippen MR) is 69.6 cm³/mol. The minimum atomic E-state index is -0.976. The third kappa shape index (κ3) is 2.61. The van der Waals surface area contributed by atoms with Crippen LogP contribution in [0.4, 0.5) is 4.39 Å².